The van der Waals surface area contributed by atoms with Crippen molar-refractivity contribution >= 4 is 27.5 Å². The van der Waals surface area contributed by atoms with Crippen LogP contribution in [0.2, 0.25) is 0 Å². The van der Waals surface area contributed by atoms with E-state index in [0.29, 0.717) is 30.3 Å². The Balaban J connectivity index is 2.06. The fourth-order valence-electron chi connectivity index (χ4n) is 2.39. The number of ether oxygens (including phenoxy) is 2. The predicted octanol–water partition coefficient (Wildman–Crippen LogP) is 2.79. The Morgan fingerprint density at radius 2 is 2.24 bits per heavy atom. The summed E-state index contributed by atoms with van der Waals surface area (Å²) in [5.74, 6) is 0.903. The maximum Gasteiger partial charge on any atom is 0.301 e. The van der Waals surface area contributed by atoms with E-state index in [9.17, 15) is 4.79 Å². The second-order valence-electron chi connectivity index (χ2n) is 5.31. The molecular formula is C17H19N3O4S. The number of nitrogens with zero attached hydrogens (tertiary/aromatic N) is 3. The number of aryl methyl sites for hydroxylation is 1. The Labute approximate surface area is 148 Å². The first-order chi connectivity index (χ1) is 12.1. The van der Waals surface area contributed by atoms with Crippen LogP contribution in [0.3, 0.4) is 0 Å². The molecule has 0 unspecified atom stereocenters. The van der Waals surface area contributed by atoms with Crippen molar-refractivity contribution in [3.8, 4) is 5.75 Å². The van der Waals surface area contributed by atoms with Gasteiger partial charge in [0, 0.05) is 19.2 Å². The van der Waals surface area contributed by atoms with Gasteiger partial charge < -0.3 is 18.6 Å². The van der Waals surface area contributed by atoms with Gasteiger partial charge in [0.05, 0.1) is 23.9 Å². The minimum absolute atomic E-state index is 0.198. The number of carbonyl (C=O) groups is 1. The SMILES string of the molecule is CCOCCn1c(=NC(=O)c2cc(C)on2)sc2cc(OC)ccc21. The zero-order valence-corrected chi connectivity index (χ0v) is 15.1. The van der Waals surface area contributed by atoms with Crippen LogP contribution in [0.5, 0.6) is 5.75 Å². The second-order valence-corrected chi connectivity index (χ2v) is 6.32. The Morgan fingerprint density at radius 1 is 1.40 bits per heavy atom. The third-order valence-electron chi connectivity index (χ3n) is 3.60. The van der Waals surface area contributed by atoms with Crippen LogP contribution in [-0.4, -0.2) is 36.0 Å². The third-order valence-corrected chi connectivity index (χ3v) is 4.64. The molecule has 0 radical (unpaired) electrons. The molecule has 0 fully saturated rings. The molecule has 2 heterocycles. The van der Waals surface area contributed by atoms with Crippen LogP contribution < -0.4 is 9.54 Å². The summed E-state index contributed by atoms with van der Waals surface area (Å²) < 4.78 is 18.6. The van der Waals surface area contributed by atoms with E-state index < -0.39 is 5.91 Å². The number of methoxy groups -OCH3 is 1. The van der Waals surface area contributed by atoms with Crippen molar-refractivity contribution < 1.29 is 18.8 Å². The van der Waals surface area contributed by atoms with Gasteiger partial charge in [-0.05, 0) is 32.0 Å². The molecule has 0 saturated heterocycles. The van der Waals surface area contributed by atoms with E-state index in [0.717, 1.165) is 16.0 Å². The molecule has 1 amide bonds. The molecule has 3 rings (SSSR count). The Kier molecular flexibility index (Phi) is 5.30. The Bertz CT molecular complexity index is 954. The van der Waals surface area contributed by atoms with Crippen molar-refractivity contribution in [3.05, 3.63) is 40.5 Å². The number of thiazole rings is 1. The van der Waals surface area contributed by atoms with Gasteiger partial charge in [-0.2, -0.15) is 4.99 Å². The maximum atomic E-state index is 12.4. The summed E-state index contributed by atoms with van der Waals surface area (Å²) in [4.78, 5) is 17.2. The lowest BCUT2D eigenvalue weighted by atomic mass is 10.3. The van der Waals surface area contributed by atoms with Crippen molar-refractivity contribution in [2.24, 2.45) is 4.99 Å². The second kappa shape index (κ2) is 7.62. The van der Waals surface area contributed by atoms with E-state index in [1.807, 2.05) is 29.7 Å². The lowest BCUT2D eigenvalue weighted by molar-refractivity contribution is 0.0988. The standard InChI is InChI=1S/C17H19N3O4S/c1-4-23-8-7-20-14-6-5-12(22-3)10-15(14)25-17(20)18-16(21)13-9-11(2)24-19-13/h5-6,9-10H,4,7-8H2,1-3H3. The Hall–Kier alpha value is -2.45. The van der Waals surface area contributed by atoms with Crippen molar-refractivity contribution in [1.82, 2.24) is 9.72 Å². The summed E-state index contributed by atoms with van der Waals surface area (Å²) in [5.41, 5.74) is 1.18. The molecule has 8 heteroatoms. The molecule has 0 aliphatic rings. The van der Waals surface area contributed by atoms with E-state index in [2.05, 4.69) is 10.1 Å². The van der Waals surface area contributed by atoms with Gasteiger partial charge >= 0.3 is 5.91 Å². The highest BCUT2D eigenvalue weighted by Crippen LogP contribution is 2.23. The van der Waals surface area contributed by atoms with Crippen LogP contribution in [0.15, 0.2) is 33.8 Å². The number of rotatable bonds is 6. The number of benzene rings is 1. The molecule has 1 aromatic carbocycles. The molecule has 0 spiro atoms. The summed E-state index contributed by atoms with van der Waals surface area (Å²) in [5, 5.41) is 3.73. The van der Waals surface area contributed by atoms with Gasteiger partial charge in [0.1, 0.15) is 11.5 Å². The molecule has 0 atom stereocenters. The van der Waals surface area contributed by atoms with Crippen molar-refractivity contribution in [2.45, 2.75) is 20.4 Å². The molecule has 0 N–H and O–H groups in total. The lowest BCUT2D eigenvalue weighted by Crippen LogP contribution is -2.19. The summed E-state index contributed by atoms with van der Waals surface area (Å²) in [7, 11) is 1.62. The Morgan fingerprint density at radius 3 is 2.92 bits per heavy atom. The number of hydrogen-bond donors (Lipinski definition) is 0. The van der Waals surface area contributed by atoms with Gasteiger partial charge in [-0.25, -0.2) is 0 Å². The van der Waals surface area contributed by atoms with E-state index in [1.54, 1.807) is 20.1 Å². The predicted molar refractivity (Wildman–Crippen MR) is 94.0 cm³/mol. The minimum Gasteiger partial charge on any atom is -0.497 e. The molecule has 0 saturated carbocycles. The minimum atomic E-state index is -0.430. The molecule has 3 aromatic rings. The summed E-state index contributed by atoms with van der Waals surface area (Å²) >= 11 is 1.42. The first kappa shape index (κ1) is 17.4. The monoisotopic (exact) mass is 361 g/mol. The molecule has 7 nitrogen and oxygen atoms in total. The number of aromatic nitrogens is 2. The molecule has 0 bridgehead atoms. The van der Waals surface area contributed by atoms with Gasteiger partial charge in [-0.15, -0.1) is 0 Å². The highest BCUT2D eigenvalue weighted by atomic mass is 32.1. The van der Waals surface area contributed by atoms with Crippen LogP contribution >= 0.6 is 11.3 Å². The van der Waals surface area contributed by atoms with E-state index >= 15 is 0 Å². The van der Waals surface area contributed by atoms with Crippen LogP contribution in [0, 0.1) is 6.92 Å². The fraction of sp³-hybridized carbons (Fsp3) is 0.353. The topological polar surface area (TPSA) is 78.9 Å². The quantitative estimate of drug-likeness (QED) is 0.631. The largest absolute Gasteiger partial charge is 0.497 e. The first-order valence-electron chi connectivity index (χ1n) is 7.90. The smallest absolute Gasteiger partial charge is 0.301 e. The molecule has 0 aliphatic carbocycles. The molecule has 25 heavy (non-hydrogen) atoms. The molecule has 2 aromatic heterocycles. The number of fused-ring (bicyclic) bond motifs is 1. The summed E-state index contributed by atoms with van der Waals surface area (Å²) in [6, 6.07) is 7.35. The zero-order valence-electron chi connectivity index (χ0n) is 14.3. The van der Waals surface area contributed by atoms with Crippen LogP contribution in [0.1, 0.15) is 23.2 Å². The van der Waals surface area contributed by atoms with Gasteiger partial charge in [-0.1, -0.05) is 16.5 Å². The molecular weight excluding hydrogens is 342 g/mol. The van der Waals surface area contributed by atoms with Gasteiger partial charge in [-0.3, -0.25) is 4.79 Å². The number of hydrogen-bond acceptors (Lipinski definition) is 6. The first-order valence-corrected chi connectivity index (χ1v) is 8.71. The average molecular weight is 361 g/mol. The van der Waals surface area contributed by atoms with Gasteiger partial charge in [0.15, 0.2) is 10.5 Å². The van der Waals surface area contributed by atoms with Crippen LogP contribution in [-0.2, 0) is 11.3 Å². The highest BCUT2D eigenvalue weighted by Gasteiger charge is 2.13. The van der Waals surface area contributed by atoms with E-state index in [1.165, 1.54) is 11.3 Å². The van der Waals surface area contributed by atoms with Crippen LogP contribution in [0.25, 0.3) is 10.2 Å². The lowest BCUT2D eigenvalue weighted by Gasteiger charge is -2.05. The zero-order chi connectivity index (χ0) is 17.8. The van der Waals surface area contributed by atoms with Crippen molar-refractivity contribution in [3.63, 3.8) is 0 Å². The maximum absolute atomic E-state index is 12.4. The molecule has 132 valence electrons. The van der Waals surface area contributed by atoms with Crippen LogP contribution in [0.4, 0.5) is 0 Å². The van der Waals surface area contributed by atoms with E-state index in [4.69, 9.17) is 14.0 Å². The number of carbonyl (C=O) groups excluding carboxylic acids is 1. The molecule has 0 aliphatic heterocycles. The van der Waals surface area contributed by atoms with Gasteiger partial charge in [0.25, 0.3) is 0 Å². The summed E-state index contributed by atoms with van der Waals surface area (Å²) in [6.07, 6.45) is 0. The van der Waals surface area contributed by atoms with Crippen molar-refractivity contribution in [1.29, 1.82) is 0 Å². The van der Waals surface area contributed by atoms with E-state index in [-0.39, 0.29) is 5.69 Å². The normalized spacial score (nSPS) is 12.0. The third kappa shape index (κ3) is 3.80. The summed E-state index contributed by atoms with van der Waals surface area (Å²) in [6.45, 7) is 5.46. The highest BCUT2D eigenvalue weighted by molar-refractivity contribution is 7.16. The number of amides is 1. The fourth-order valence-corrected chi connectivity index (χ4v) is 3.48. The van der Waals surface area contributed by atoms with Crippen molar-refractivity contribution in [2.75, 3.05) is 20.3 Å². The van der Waals surface area contributed by atoms with Gasteiger partial charge in [0.2, 0.25) is 0 Å². The average Bonchev–Trinajstić information content (AvgIpc) is 3.18.